The topological polar surface area (TPSA) is 24.9 Å². The smallest absolute Gasteiger partial charge is 0.125 e. The Labute approximate surface area is 85.7 Å². The molecular weight excluding hydrogens is 172 g/mol. The predicted octanol–water partition coefficient (Wildman–Crippen LogP) is 2.78. The first-order chi connectivity index (χ1) is 6.90. The van der Waals surface area contributed by atoms with Crippen LogP contribution in [-0.4, -0.2) is 12.0 Å². The molecule has 0 aromatic carbocycles. The van der Waals surface area contributed by atoms with E-state index in [1.54, 1.807) is 0 Å². The Morgan fingerprint density at radius 3 is 2.64 bits per heavy atom. The van der Waals surface area contributed by atoms with Gasteiger partial charge in [0.25, 0.3) is 0 Å². The van der Waals surface area contributed by atoms with Crippen molar-refractivity contribution in [3.63, 3.8) is 0 Å². The van der Waals surface area contributed by atoms with Gasteiger partial charge in [-0.05, 0) is 37.3 Å². The van der Waals surface area contributed by atoms with Crippen molar-refractivity contribution >= 4 is 5.82 Å². The number of aromatic nitrogens is 1. The molecule has 0 aliphatic heterocycles. The van der Waals surface area contributed by atoms with E-state index in [9.17, 15) is 0 Å². The van der Waals surface area contributed by atoms with Gasteiger partial charge in [-0.1, -0.05) is 18.9 Å². The number of hydrogen-bond donors (Lipinski definition) is 1. The van der Waals surface area contributed by atoms with Crippen LogP contribution in [0.25, 0.3) is 0 Å². The molecule has 0 saturated carbocycles. The van der Waals surface area contributed by atoms with Gasteiger partial charge in [-0.15, -0.1) is 0 Å². The molecule has 0 unspecified atom stereocenters. The van der Waals surface area contributed by atoms with Crippen LogP contribution < -0.4 is 5.32 Å². The van der Waals surface area contributed by atoms with Gasteiger partial charge in [-0.25, -0.2) is 4.98 Å². The molecule has 0 radical (unpaired) electrons. The van der Waals surface area contributed by atoms with Crippen LogP contribution in [0.5, 0.6) is 0 Å². The summed E-state index contributed by atoms with van der Waals surface area (Å²) in [5, 5.41) is 3.10. The molecule has 0 spiro atoms. The Morgan fingerprint density at radius 2 is 1.86 bits per heavy atom. The standard InChI is InChI=1S/C12H18N2/c1-13-12-9-8-10-6-4-2-3-5-7-11(10)14-12/h8-9H,2-7H2,1H3,(H,13,14). The summed E-state index contributed by atoms with van der Waals surface area (Å²) in [7, 11) is 1.93. The van der Waals surface area contributed by atoms with Crippen molar-refractivity contribution in [2.45, 2.75) is 38.5 Å². The maximum absolute atomic E-state index is 4.62. The van der Waals surface area contributed by atoms with E-state index in [1.165, 1.54) is 43.4 Å². The average molecular weight is 190 g/mol. The van der Waals surface area contributed by atoms with Crippen LogP contribution in [0.15, 0.2) is 12.1 Å². The molecule has 0 bridgehead atoms. The van der Waals surface area contributed by atoms with Crippen molar-refractivity contribution in [3.05, 3.63) is 23.4 Å². The van der Waals surface area contributed by atoms with Crippen LogP contribution in [0.4, 0.5) is 5.82 Å². The highest BCUT2D eigenvalue weighted by Gasteiger charge is 2.08. The van der Waals surface area contributed by atoms with Crippen molar-refractivity contribution in [1.82, 2.24) is 4.98 Å². The molecule has 1 aromatic rings. The number of fused-ring (bicyclic) bond motifs is 1. The first kappa shape index (κ1) is 9.50. The highest BCUT2D eigenvalue weighted by atomic mass is 15.0. The quantitative estimate of drug-likeness (QED) is 0.736. The van der Waals surface area contributed by atoms with Crippen LogP contribution in [0.2, 0.25) is 0 Å². The molecule has 2 rings (SSSR count). The second-order valence-electron chi connectivity index (χ2n) is 3.97. The molecule has 1 N–H and O–H groups in total. The maximum Gasteiger partial charge on any atom is 0.125 e. The number of aryl methyl sites for hydroxylation is 2. The van der Waals surface area contributed by atoms with Gasteiger partial charge in [-0.2, -0.15) is 0 Å². The normalized spacial score (nSPS) is 16.6. The summed E-state index contributed by atoms with van der Waals surface area (Å²) < 4.78 is 0. The van der Waals surface area contributed by atoms with E-state index in [1.807, 2.05) is 7.05 Å². The fourth-order valence-electron chi connectivity index (χ4n) is 2.07. The van der Waals surface area contributed by atoms with E-state index < -0.39 is 0 Å². The zero-order valence-electron chi connectivity index (χ0n) is 8.84. The minimum atomic E-state index is 1.00. The van der Waals surface area contributed by atoms with Gasteiger partial charge in [0.1, 0.15) is 5.82 Å². The van der Waals surface area contributed by atoms with Gasteiger partial charge < -0.3 is 5.32 Å². The fourth-order valence-corrected chi connectivity index (χ4v) is 2.07. The van der Waals surface area contributed by atoms with Gasteiger partial charge in [0.15, 0.2) is 0 Å². The van der Waals surface area contributed by atoms with E-state index in [-0.39, 0.29) is 0 Å². The Bertz CT molecular complexity index is 307. The third-order valence-corrected chi connectivity index (χ3v) is 2.93. The number of hydrogen-bond acceptors (Lipinski definition) is 2. The molecule has 0 atom stereocenters. The fraction of sp³-hybridized carbons (Fsp3) is 0.583. The molecule has 2 heteroatoms. The van der Waals surface area contributed by atoms with Crippen molar-refractivity contribution < 1.29 is 0 Å². The Balaban J connectivity index is 2.26. The van der Waals surface area contributed by atoms with Gasteiger partial charge in [0.05, 0.1) is 0 Å². The third kappa shape index (κ3) is 2.06. The lowest BCUT2D eigenvalue weighted by atomic mass is 9.97. The second kappa shape index (κ2) is 4.45. The zero-order chi connectivity index (χ0) is 9.80. The van der Waals surface area contributed by atoms with Crippen molar-refractivity contribution in [3.8, 4) is 0 Å². The molecule has 1 aromatic heterocycles. The Hall–Kier alpha value is -1.05. The monoisotopic (exact) mass is 190 g/mol. The van der Waals surface area contributed by atoms with E-state index in [4.69, 9.17) is 0 Å². The summed E-state index contributed by atoms with van der Waals surface area (Å²) in [5.74, 6) is 1.00. The van der Waals surface area contributed by atoms with E-state index in [2.05, 4.69) is 22.4 Å². The molecule has 0 fully saturated rings. The van der Waals surface area contributed by atoms with Crippen LogP contribution in [0.1, 0.15) is 36.9 Å². The number of nitrogens with one attached hydrogen (secondary N) is 1. The molecule has 2 nitrogen and oxygen atoms in total. The highest BCUT2D eigenvalue weighted by molar-refractivity contribution is 5.38. The van der Waals surface area contributed by atoms with Crippen molar-refractivity contribution in [2.75, 3.05) is 12.4 Å². The van der Waals surface area contributed by atoms with Crippen LogP contribution >= 0.6 is 0 Å². The van der Waals surface area contributed by atoms with Crippen LogP contribution in [0, 0.1) is 0 Å². The van der Waals surface area contributed by atoms with Crippen molar-refractivity contribution in [1.29, 1.82) is 0 Å². The van der Waals surface area contributed by atoms with Crippen LogP contribution in [0.3, 0.4) is 0 Å². The minimum absolute atomic E-state index is 1.00. The lowest BCUT2D eigenvalue weighted by Gasteiger charge is -2.13. The van der Waals surface area contributed by atoms with E-state index >= 15 is 0 Å². The molecule has 1 heterocycles. The zero-order valence-corrected chi connectivity index (χ0v) is 8.84. The maximum atomic E-state index is 4.62. The van der Waals surface area contributed by atoms with Crippen molar-refractivity contribution in [2.24, 2.45) is 0 Å². The summed E-state index contributed by atoms with van der Waals surface area (Å²) >= 11 is 0. The summed E-state index contributed by atoms with van der Waals surface area (Å²) in [6.45, 7) is 0. The largest absolute Gasteiger partial charge is 0.373 e. The number of anilines is 1. The molecule has 76 valence electrons. The lowest BCUT2D eigenvalue weighted by Crippen LogP contribution is -2.04. The number of rotatable bonds is 1. The highest BCUT2D eigenvalue weighted by Crippen LogP contribution is 2.20. The summed E-state index contributed by atoms with van der Waals surface area (Å²) in [4.78, 5) is 4.62. The van der Waals surface area contributed by atoms with Gasteiger partial charge in [0.2, 0.25) is 0 Å². The predicted molar refractivity (Wildman–Crippen MR) is 59.7 cm³/mol. The molecule has 1 aliphatic rings. The molecule has 1 aliphatic carbocycles. The summed E-state index contributed by atoms with van der Waals surface area (Å²) in [5.41, 5.74) is 2.78. The first-order valence-electron chi connectivity index (χ1n) is 5.57. The Morgan fingerprint density at radius 1 is 1.07 bits per heavy atom. The van der Waals surface area contributed by atoms with Gasteiger partial charge in [-0.3, -0.25) is 0 Å². The first-order valence-corrected chi connectivity index (χ1v) is 5.57. The Kier molecular flexibility index (Phi) is 3.02. The number of pyridine rings is 1. The molecule has 14 heavy (non-hydrogen) atoms. The molecular formula is C12H18N2. The molecule has 0 saturated heterocycles. The number of nitrogens with zero attached hydrogens (tertiary/aromatic N) is 1. The van der Waals surface area contributed by atoms with E-state index in [0.29, 0.717) is 0 Å². The second-order valence-corrected chi connectivity index (χ2v) is 3.97. The van der Waals surface area contributed by atoms with Crippen LogP contribution in [-0.2, 0) is 12.8 Å². The molecule has 0 amide bonds. The minimum Gasteiger partial charge on any atom is -0.373 e. The lowest BCUT2D eigenvalue weighted by molar-refractivity contribution is 0.609. The summed E-state index contributed by atoms with van der Waals surface area (Å²) in [6, 6.07) is 4.32. The average Bonchev–Trinajstić information content (AvgIpc) is 2.18. The third-order valence-electron chi connectivity index (χ3n) is 2.93. The summed E-state index contributed by atoms with van der Waals surface area (Å²) in [6.07, 6.45) is 7.75. The van der Waals surface area contributed by atoms with Gasteiger partial charge >= 0.3 is 0 Å². The van der Waals surface area contributed by atoms with E-state index in [0.717, 1.165) is 12.2 Å². The van der Waals surface area contributed by atoms with Gasteiger partial charge in [0, 0.05) is 12.7 Å². The SMILES string of the molecule is CNc1ccc2c(n1)CCCCCC2.